The zero-order chi connectivity index (χ0) is 39.2. The molecule has 3 aromatic carbocycles. The maximum absolute atomic E-state index is 6.03. The van der Waals surface area contributed by atoms with Crippen LogP contribution in [0.1, 0.15) is 22.3 Å². The first-order chi connectivity index (χ1) is 27.1. The lowest BCUT2D eigenvalue weighted by Crippen LogP contribution is -2.00. The Labute approximate surface area is 336 Å². The zero-order valence-electron chi connectivity index (χ0n) is 32.0. The maximum Gasteiger partial charge on any atom is 0.178 e. The Bertz CT molecular complexity index is 2930. The molecule has 0 unspecified atom stereocenters. The summed E-state index contributed by atoms with van der Waals surface area (Å²) in [6.07, 6.45) is 3.67. The highest BCUT2D eigenvalue weighted by molar-refractivity contribution is 7.23. The van der Waals surface area contributed by atoms with E-state index in [4.69, 9.17) is 35.6 Å². The number of ether oxygens (including phenoxy) is 4. The molecule has 0 saturated carbocycles. The number of thiophene rings is 2. The van der Waals surface area contributed by atoms with Gasteiger partial charge in [0.1, 0.15) is 16.5 Å². The van der Waals surface area contributed by atoms with Gasteiger partial charge in [0.15, 0.2) is 40.1 Å². The molecule has 0 spiro atoms. The van der Waals surface area contributed by atoms with Gasteiger partial charge in [0.2, 0.25) is 0 Å². The number of imidazole rings is 2. The fourth-order valence-corrected chi connectivity index (χ4v) is 9.21. The van der Waals surface area contributed by atoms with Gasteiger partial charge < -0.3 is 24.3 Å². The molecule has 6 aromatic heterocycles. The van der Waals surface area contributed by atoms with Gasteiger partial charge in [0.25, 0.3) is 0 Å². The van der Waals surface area contributed by atoms with Crippen LogP contribution in [-0.2, 0) is 0 Å². The molecule has 1 N–H and O–H groups in total. The van der Waals surface area contributed by atoms with E-state index in [1.54, 1.807) is 67.9 Å². The van der Waals surface area contributed by atoms with E-state index in [9.17, 15) is 0 Å². The minimum atomic E-state index is 0.429. The fraction of sp³-hybridized carbons (Fsp3) is 0.190. The first-order valence-corrected chi connectivity index (χ1v) is 19.6. The Hall–Kier alpha value is -5.89. The molecule has 0 aliphatic rings. The van der Waals surface area contributed by atoms with Crippen LogP contribution in [0.5, 0.6) is 23.0 Å². The molecule has 0 aliphatic heterocycles. The average Bonchev–Trinajstić information content (AvgIpc) is 3.99. The highest BCUT2D eigenvalue weighted by Crippen LogP contribution is 2.46. The zero-order valence-corrected chi connectivity index (χ0v) is 34.4. The van der Waals surface area contributed by atoms with Crippen molar-refractivity contribution in [3.05, 3.63) is 107 Å². The second kappa shape index (κ2) is 15.0. The molecule has 56 heavy (non-hydrogen) atoms. The molecular weight excluding hydrogens is 766 g/mol. The predicted molar refractivity (Wildman–Crippen MR) is 228 cm³/mol. The fourth-order valence-electron chi connectivity index (χ4n) is 6.77. The number of hydrogen-bond acceptors (Lipinski definition) is 11. The Kier molecular flexibility index (Phi) is 9.91. The molecule has 0 fully saturated rings. The van der Waals surface area contributed by atoms with Crippen LogP contribution in [-0.4, -0.2) is 57.6 Å². The summed E-state index contributed by atoms with van der Waals surface area (Å²) in [5, 5.41) is 15.2. The van der Waals surface area contributed by atoms with Crippen molar-refractivity contribution < 1.29 is 18.9 Å². The molecule has 14 heteroatoms. The third-order valence-electron chi connectivity index (χ3n) is 9.60. The van der Waals surface area contributed by atoms with Gasteiger partial charge in [0, 0.05) is 5.69 Å². The SMILES string of the molecule is COc1c(C)cc2cc(-c3cnc4ccc(Cl)nn34)sc2c1OC.COc1c(C)cc2cc(-c3cnc4ccc(Nc5ccc(C)c(C)c5)nn34)sc2c1OC. The summed E-state index contributed by atoms with van der Waals surface area (Å²) in [6, 6.07) is 22.3. The molecule has 0 aliphatic carbocycles. The Balaban J connectivity index is 0.000000164. The maximum atomic E-state index is 6.03. The number of halogens is 1. The summed E-state index contributed by atoms with van der Waals surface area (Å²) >= 11 is 9.29. The Morgan fingerprint density at radius 2 is 1.07 bits per heavy atom. The molecule has 284 valence electrons. The topological polar surface area (TPSA) is 109 Å². The van der Waals surface area contributed by atoms with Gasteiger partial charge >= 0.3 is 0 Å². The minimum absolute atomic E-state index is 0.429. The van der Waals surface area contributed by atoms with Gasteiger partial charge in [-0.15, -0.1) is 27.8 Å². The number of methoxy groups -OCH3 is 4. The summed E-state index contributed by atoms with van der Waals surface area (Å²) < 4.78 is 28.1. The number of hydrogen-bond donors (Lipinski definition) is 1. The van der Waals surface area contributed by atoms with Crippen LogP contribution >= 0.6 is 34.3 Å². The van der Waals surface area contributed by atoms with E-state index < -0.39 is 0 Å². The number of rotatable bonds is 8. The molecule has 11 nitrogen and oxygen atoms in total. The highest BCUT2D eigenvalue weighted by atomic mass is 35.5. The normalized spacial score (nSPS) is 11.3. The van der Waals surface area contributed by atoms with Gasteiger partial charge in [-0.1, -0.05) is 17.7 Å². The van der Waals surface area contributed by atoms with Crippen molar-refractivity contribution in [1.82, 2.24) is 29.2 Å². The largest absolute Gasteiger partial charge is 0.493 e. The second-order valence-corrected chi connectivity index (χ2v) is 15.7. The Morgan fingerprint density at radius 1 is 0.554 bits per heavy atom. The van der Waals surface area contributed by atoms with Crippen LogP contribution in [0.15, 0.2) is 79.1 Å². The number of nitrogens with zero attached hydrogens (tertiary/aromatic N) is 6. The molecule has 0 saturated heterocycles. The smallest absolute Gasteiger partial charge is 0.178 e. The second-order valence-electron chi connectivity index (χ2n) is 13.2. The van der Waals surface area contributed by atoms with Crippen LogP contribution in [0.2, 0.25) is 5.15 Å². The number of benzene rings is 3. The minimum Gasteiger partial charge on any atom is -0.493 e. The van der Waals surface area contributed by atoms with Gasteiger partial charge in [-0.25, -0.2) is 19.0 Å². The first kappa shape index (κ1) is 37.1. The molecule has 9 rings (SSSR count). The quantitative estimate of drug-likeness (QED) is 0.161. The highest BCUT2D eigenvalue weighted by Gasteiger charge is 2.20. The van der Waals surface area contributed by atoms with E-state index in [1.807, 2.05) is 42.8 Å². The predicted octanol–water partition coefficient (Wildman–Crippen LogP) is 10.9. The monoisotopic (exact) mass is 803 g/mol. The van der Waals surface area contributed by atoms with E-state index >= 15 is 0 Å². The summed E-state index contributed by atoms with van der Waals surface area (Å²) in [4.78, 5) is 11.1. The third kappa shape index (κ3) is 6.61. The molecule has 0 radical (unpaired) electrons. The number of anilines is 2. The van der Waals surface area contributed by atoms with Gasteiger partial charge in [-0.2, -0.15) is 5.10 Å². The van der Waals surface area contributed by atoms with E-state index in [1.165, 1.54) is 11.1 Å². The van der Waals surface area contributed by atoms with Crippen molar-refractivity contribution in [3.8, 4) is 44.1 Å². The summed E-state index contributed by atoms with van der Waals surface area (Å²) in [6.45, 7) is 8.25. The summed E-state index contributed by atoms with van der Waals surface area (Å²) in [5.41, 5.74) is 8.97. The lowest BCUT2D eigenvalue weighted by atomic mass is 10.1. The lowest BCUT2D eigenvalue weighted by molar-refractivity contribution is 0.357. The van der Waals surface area contributed by atoms with E-state index in [0.29, 0.717) is 5.15 Å². The molecule has 0 amide bonds. The number of fused-ring (bicyclic) bond motifs is 4. The standard InChI is InChI=1S/C25H24N4O2S.C17H14ClN3O2S/c1-14-6-7-18(11-15(14)2)27-21-8-9-22-26-13-19(29(22)28-21)20-12-17-10-16(3)23(30-4)24(31-5)25(17)32-20;1-9-6-10-7-12(24-17(10)16(23-3)15(9)22-2)11-8-19-14-5-4-13(18)20-21(11)14/h6-13H,1-5H3,(H,27,28);4-8H,1-3H3. The molecule has 0 bridgehead atoms. The Morgan fingerprint density at radius 3 is 1.59 bits per heavy atom. The van der Waals surface area contributed by atoms with Crippen molar-refractivity contribution >= 4 is 77.2 Å². The van der Waals surface area contributed by atoms with Gasteiger partial charge in [-0.05, 0) is 121 Å². The summed E-state index contributed by atoms with van der Waals surface area (Å²) in [5.74, 6) is 3.81. The molecule has 9 aromatic rings. The van der Waals surface area contributed by atoms with Gasteiger partial charge in [0.05, 0.1) is 60.0 Å². The van der Waals surface area contributed by atoms with E-state index in [2.05, 4.69) is 76.7 Å². The van der Waals surface area contributed by atoms with Crippen LogP contribution in [0.25, 0.3) is 52.6 Å². The summed E-state index contributed by atoms with van der Waals surface area (Å²) in [7, 11) is 6.66. The average molecular weight is 804 g/mol. The number of nitrogens with one attached hydrogen (secondary N) is 1. The van der Waals surface area contributed by atoms with E-state index in [-0.39, 0.29) is 0 Å². The van der Waals surface area contributed by atoms with Crippen LogP contribution in [0.4, 0.5) is 11.5 Å². The number of aryl methyl sites for hydroxylation is 4. The van der Waals surface area contributed by atoms with Crippen molar-refractivity contribution in [1.29, 1.82) is 0 Å². The van der Waals surface area contributed by atoms with Crippen LogP contribution in [0.3, 0.4) is 0 Å². The van der Waals surface area contributed by atoms with Crippen molar-refractivity contribution in [2.75, 3.05) is 33.8 Å². The van der Waals surface area contributed by atoms with Crippen molar-refractivity contribution in [3.63, 3.8) is 0 Å². The lowest BCUT2D eigenvalue weighted by Gasteiger charge is -2.11. The molecule has 0 atom stereocenters. The van der Waals surface area contributed by atoms with Crippen LogP contribution in [0, 0.1) is 27.7 Å². The third-order valence-corrected chi connectivity index (χ3v) is 12.1. The number of aromatic nitrogens is 6. The van der Waals surface area contributed by atoms with Crippen molar-refractivity contribution in [2.24, 2.45) is 0 Å². The molecular formula is C42H38ClN7O4S2. The molecule has 6 heterocycles. The first-order valence-electron chi connectivity index (χ1n) is 17.6. The van der Waals surface area contributed by atoms with Crippen LogP contribution < -0.4 is 24.3 Å². The van der Waals surface area contributed by atoms with E-state index in [0.717, 1.165) is 98.2 Å². The van der Waals surface area contributed by atoms with Gasteiger partial charge in [-0.3, -0.25) is 0 Å². The van der Waals surface area contributed by atoms with Crippen molar-refractivity contribution in [2.45, 2.75) is 27.7 Å².